The Kier molecular flexibility index (Phi) is 2.70. The molecule has 1 aromatic rings. The predicted molar refractivity (Wildman–Crippen MR) is 62.0 cm³/mol. The van der Waals surface area contributed by atoms with Crippen molar-refractivity contribution in [3.8, 4) is 0 Å². The first kappa shape index (κ1) is 10.5. The molecule has 2 nitrogen and oxygen atoms in total. The summed E-state index contributed by atoms with van der Waals surface area (Å²) in [7, 11) is 0. The number of halogens is 1. The average Bonchev–Trinajstić information content (AvgIpc) is 2.17. The van der Waals surface area contributed by atoms with E-state index in [-0.39, 0.29) is 5.41 Å². The summed E-state index contributed by atoms with van der Waals surface area (Å²) in [5.41, 5.74) is 2.36. The number of oxime groups is 1. The molecular weight excluding hydrogens is 210 g/mol. The van der Waals surface area contributed by atoms with Crippen molar-refractivity contribution < 1.29 is 5.21 Å². The third kappa shape index (κ3) is 1.86. The molecule has 0 saturated carbocycles. The van der Waals surface area contributed by atoms with E-state index in [0.29, 0.717) is 0 Å². The van der Waals surface area contributed by atoms with Gasteiger partial charge in [0.15, 0.2) is 0 Å². The molecule has 80 valence electrons. The maximum Gasteiger partial charge on any atom is 0.0538 e. The first-order chi connectivity index (χ1) is 7.15. The third-order valence-corrected chi connectivity index (χ3v) is 3.40. The van der Waals surface area contributed by atoms with Crippen LogP contribution in [0.5, 0.6) is 0 Å². The minimum absolute atomic E-state index is 0.146. The Labute approximate surface area is 94.6 Å². The van der Waals surface area contributed by atoms with Gasteiger partial charge in [-0.2, -0.15) is 0 Å². The number of benzene rings is 1. The van der Waals surface area contributed by atoms with Gasteiger partial charge >= 0.3 is 0 Å². The molecule has 0 fully saturated rings. The van der Waals surface area contributed by atoms with Gasteiger partial charge < -0.3 is 5.21 Å². The van der Waals surface area contributed by atoms with E-state index in [1.165, 1.54) is 11.1 Å². The lowest BCUT2D eigenvalue weighted by molar-refractivity contribution is 0.315. The molecule has 1 atom stereocenters. The Hall–Kier alpha value is -1.02. The zero-order chi connectivity index (χ0) is 10.9. The van der Waals surface area contributed by atoms with Crippen LogP contribution < -0.4 is 0 Å². The van der Waals surface area contributed by atoms with Crippen LogP contribution in [0.2, 0.25) is 5.02 Å². The van der Waals surface area contributed by atoms with Crippen LogP contribution in [0, 0.1) is 0 Å². The molecule has 0 aliphatic heterocycles. The number of nitrogens with zero attached hydrogens (tertiary/aromatic N) is 1. The van der Waals surface area contributed by atoms with Gasteiger partial charge in [0.25, 0.3) is 0 Å². The Morgan fingerprint density at radius 3 is 3.07 bits per heavy atom. The van der Waals surface area contributed by atoms with E-state index in [2.05, 4.69) is 12.1 Å². The van der Waals surface area contributed by atoms with Gasteiger partial charge in [0, 0.05) is 10.4 Å². The highest BCUT2D eigenvalue weighted by Gasteiger charge is 2.30. The first-order valence-corrected chi connectivity index (χ1v) is 5.51. The van der Waals surface area contributed by atoms with Crippen LogP contribution in [0.25, 0.3) is 0 Å². The zero-order valence-corrected chi connectivity index (χ0v) is 9.46. The highest BCUT2D eigenvalue weighted by molar-refractivity contribution is 6.30. The van der Waals surface area contributed by atoms with Crippen molar-refractivity contribution in [2.45, 2.75) is 31.6 Å². The number of fused-ring (bicyclic) bond motifs is 1. The van der Waals surface area contributed by atoms with Crippen molar-refractivity contribution in [3.05, 3.63) is 34.3 Å². The number of hydrogen-bond acceptors (Lipinski definition) is 2. The second kappa shape index (κ2) is 3.86. The molecule has 1 aliphatic carbocycles. The molecule has 0 saturated heterocycles. The molecule has 1 N–H and O–H groups in total. The van der Waals surface area contributed by atoms with E-state index in [9.17, 15) is 0 Å². The predicted octanol–water partition coefficient (Wildman–Crippen LogP) is 3.39. The molecule has 0 spiro atoms. The molecular formula is C12H14ClNO. The van der Waals surface area contributed by atoms with Crippen molar-refractivity contribution in [2.75, 3.05) is 0 Å². The van der Waals surface area contributed by atoms with E-state index in [4.69, 9.17) is 16.8 Å². The molecule has 0 bridgehead atoms. The Morgan fingerprint density at radius 2 is 2.33 bits per heavy atom. The molecule has 3 heteroatoms. The molecule has 2 rings (SSSR count). The highest BCUT2D eigenvalue weighted by atomic mass is 35.5. The fraction of sp³-hybridized carbons (Fsp3) is 0.417. The van der Waals surface area contributed by atoms with Crippen LogP contribution in [0.1, 0.15) is 30.9 Å². The molecule has 1 aromatic carbocycles. The SMILES string of the molecule is C[C@@]1(/C=N/O)CCCc2cc(Cl)ccc21. The van der Waals surface area contributed by atoms with Gasteiger partial charge in [-0.3, -0.25) is 0 Å². The van der Waals surface area contributed by atoms with Gasteiger partial charge in [0.05, 0.1) is 6.21 Å². The molecule has 0 radical (unpaired) electrons. The molecule has 0 amide bonds. The quantitative estimate of drug-likeness (QED) is 0.442. The largest absolute Gasteiger partial charge is 0.411 e. The summed E-state index contributed by atoms with van der Waals surface area (Å²) in [5, 5.41) is 12.7. The maximum atomic E-state index is 8.71. The van der Waals surface area contributed by atoms with Gasteiger partial charge in [-0.15, -0.1) is 5.16 Å². The lowest BCUT2D eigenvalue weighted by Crippen LogP contribution is -2.29. The lowest BCUT2D eigenvalue weighted by Gasteiger charge is -2.32. The molecule has 0 aromatic heterocycles. The first-order valence-electron chi connectivity index (χ1n) is 5.13. The topological polar surface area (TPSA) is 32.6 Å². The summed E-state index contributed by atoms with van der Waals surface area (Å²) in [6, 6.07) is 5.95. The summed E-state index contributed by atoms with van der Waals surface area (Å²) < 4.78 is 0. The van der Waals surface area contributed by atoms with E-state index in [1.54, 1.807) is 6.21 Å². The zero-order valence-electron chi connectivity index (χ0n) is 8.70. The second-order valence-electron chi connectivity index (χ2n) is 4.32. The number of rotatable bonds is 1. The average molecular weight is 224 g/mol. The van der Waals surface area contributed by atoms with E-state index in [1.807, 2.05) is 18.2 Å². The minimum atomic E-state index is -0.146. The van der Waals surface area contributed by atoms with Crippen LogP contribution in [0.15, 0.2) is 23.4 Å². The second-order valence-corrected chi connectivity index (χ2v) is 4.75. The number of hydrogen-bond donors (Lipinski definition) is 1. The van der Waals surface area contributed by atoms with Crippen molar-refractivity contribution in [2.24, 2.45) is 5.16 Å². The summed E-state index contributed by atoms with van der Waals surface area (Å²) in [6.45, 7) is 2.10. The van der Waals surface area contributed by atoms with Gasteiger partial charge in [-0.05, 0) is 42.5 Å². The normalized spacial score (nSPS) is 25.5. The van der Waals surface area contributed by atoms with Gasteiger partial charge in [-0.25, -0.2) is 0 Å². The molecule has 1 aliphatic rings. The fourth-order valence-corrected chi connectivity index (χ4v) is 2.56. The summed E-state index contributed by atoms with van der Waals surface area (Å²) in [4.78, 5) is 0. The van der Waals surface area contributed by atoms with Crippen LogP contribution in [0.3, 0.4) is 0 Å². The summed E-state index contributed by atoms with van der Waals surface area (Å²) >= 11 is 5.96. The van der Waals surface area contributed by atoms with E-state index < -0.39 is 0 Å². The van der Waals surface area contributed by atoms with Crippen molar-refractivity contribution >= 4 is 17.8 Å². The van der Waals surface area contributed by atoms with Gasteiger partial charge in [0.1, 0.15) is 0 Å². The third-order valence-electron chi connectivity index (χ3n) is 3.17. The summed E-state index contributed by atoms with van der Waals surface area (Å²) in [5.74, 6) is 0. The minimum Gasteiger partial charge on any atom is -0.411 e. The monoisotopic (exact) mass is 223 g/mol. The van der Waals surface area contributed by atoms with Crippen molar-refractivity contribution in [1.29, 1.82) is 0 Å². The molecule has 15 heavy (non-hydrogen) atoms. The van der Waals surface area contributed by atoms with Crippen LogP contribution >= 0.6 is 11.6 Å². The Balaban J connectivity index is 2.51. The van der Waals surface area contributed by atoms with Crippen LogP contribution in [-0.2, 0) is 11.8 Å². The maximum absolute atomic E-state index is 8.71. The van der Waals surface area contributed by atoms with Crippen LogP contribution in [0.4, 0.5) is 0 Å². The summed E-state index contributed by atoms with van der Waals surface area (Å²) in [6.07, 6.45) is 4.81. The lowest BCUT2D eigenvalue weighted by atomic mass is 9.72. The standard InChI is InChI=1S/C12H14ClNO/c1-12(8-14-15)6-2-3-9-7-10(13)4-5-11(9)12/h4-5,7-8,15H,2-3,6H2,1H3/b14-8+/t12-/m0/s1. The van der Waals surface area contributed by atoms with E-state index >= 15 is 0 Å². The smallest absolute Gasteiger partial charge is 0.0538 e. The Bertz CT molecular complexity index is 403. The Morgan fingerprint density at radius 1 is 1.53 bits per heavy atom. The fourth-order valence-electron chi connectivity index (χ4n) is 2.37. The van der Waals surface area contributed by atoms with Gasteiger partial charge in [-0.1, -0.05) is 24.6 Å². The van der Waals surface area contributed by atoms with Gasteiger partial charge in [0.2, 0.25) is 0 Å². The molecule has 0 unspecified atom stereocenters. The van der Waals surface area contributed by atoms with Crippen molar-refractivity contribution in [3.63, 3.8) is 0 Å². The molecule has 0 heterocycles. The van der Waals surface area contributed by atoms with Crippen LogP contribution in [-0.4, -0.2) is 11.4 Å². The van der Waals surface area contributed by atoms with Crippen molar-refractivity contribution in [1.82, 2.24) is 0 Å². The highest BCUT2D eigenvalue weighted by Crippen LogP contribution is 2.36. The van der Waals surface area contributed by atoms with E-state index in [0.717, 1.165) is 24.3 Å². The number of aryl methyl sites for hydroxylation is 1.